The van der Waals surface area contributed by atoms with Crippen molar-refractivity contribution in [3.05, 3.63) is 66.8 Å². The zero-order valence-electron chi connectivity index (χ0n) is 17.4. The van der Waals surface area contributed by atoms with Crippen molar-refractivity contribution in [1.29, 1.82) is 0 Å². The van der Waals surface area contributed by atoms with Crippen molar-refractivity contribution >= 4 is 34.7 Å². The lowest BCUT2D eigenvalue weighted by atomic mass is 10.1. The SMILES string of the molecule is C=CC(=O)Nc1cc(Nc2nc(Nc3ccc(OC(C)C)nc3)ncc2F)ccc1C. The van der Waals surface area contributed by atoms with E-state index in [0.717, 1.165) is 11.8 Å². The minimum absolute atomic E-state index is 0.0185. The zero-order chi connectivity index (χ0) is 22.4. The first kappa shape index (κ1) is 21.7. The molecule has 160 valence electrons. The van der Waals surface area contributed by atoms with Gasteiger partial charge in [-0.15, -0.1) is 0 Å². The Morgan fingerprint density at radius 3 is 2.58 bits per heavy atom. The second-order valence-electron chi connectivity index (χ2n) is 6.91. The van der Waals surface area contributed by atoms with E-state index in [1.54, 1.807) is 36.5 Å². The number of anilines is 5. The maximum atomic E-state index is 14.3. The van der Waals surface area contributed by atoms with Gasteiger partial charge in [0.25, 0.3) is 0 Å². The van der Waals surface area contributed by atoms with Gasteiger partial charge in [-0.3, -0.25) is 4.79 Å². The van der Waals surface area contributed by atoms with Crippen LogP contribution in [0.25, 0.3) is 0 Å². The number of rotatable bonds is 8. The van der Waals surface area contributed by atoms with Gasteiger partial charge in [0.1, 0.15) is 0 Å². The lowest BCUT2D eigenvalue weighted by molar-refractivity contribution is -0.111. The van der Waals surface area contributed by atoms with Crippen molar-refractivity contribution < 1.29 is 13.9 Å². The Hall–Kier alpha value is -4.01. The highest BCUT2D eigenvalue weighted by molar-refractivity contribution is 5.99. The van der Waals surface area contributed by atoms with Crippen molar-refractivity contribution in [2.75, 3.05) is 16.0 Å². The Bertz CT molecular complexity index is 1090. The number of benzene rings is 1. The van der Waals surface area contributed by atoms with E-state index in [2.05, 4.69) is 37.5 Å². The summed E-state index contributed by atoms with van der Waals surface area (Å²) in [5.41, 5.74) is 2.60. The normalized spacial score (nSPS) is 10.5. The van der Waals surface area contributed by atoms with Crippen LogP contribution in [0.2, 0.25) is 0 Å². The van der Waals surface area contributed by atoms with Gasteiger partial charge >= 0.3 is 0 Å². The summed E-state index contributed by atoms with van der Waals surface area (Å²) in [6.45, 7) is 9.12. The molecule has 3 aromatic rings. The van der Waals surface area contributed by atoms with Crippen LogP contribution in [-0.4, -0.2) is 27.0 Å². The Kier molecular flexibility index (Phi) is 6.76. The van der Waals surface area contributed by atoms with Crippen LogP contribution in [0, 0.1) is 12.7 Å². The van der Waals surface area contributed by atoms with Crippen molar-refractivity contribution in [2.45, 2.75) is 26.9 Å². The zero-order valence-corrected chi connectivity index (χ0v) is 17.4. The van der Waals surface area contributed by atoms with Gasteiger partial charge in [-0.2, -0.15) is 4.98 Å². The smallest absolute Gasteiger partial charge is 0.247 e. The molecule has 0 atom stereocenters. The van der Waals surface area contributed by atoms with Crippen LogP contribution in [0.1, 0.15) is 19.4 Å². The number of amides is 1. The van der Waals surface area contributed by atoms with Crippen molar-refractivity contribution in [1.82, 2.24) is 15.0 Å². The predicted molar refractivity (Wildman–Crippen MR) is 119 cm³/mol. The molecule has 0 aliphatic rings. The summed E-state index contributed by atoms with van der Waals surface area (Å²) in [5.74, 6) is -0.285. The average Bonchev–Trinajstić information content (AvgIpc) is 2.74. The third-order valence-electron chi connectivity index (χ3n) is 4.04. The fraction of sp³-hybridized carbons (Fsp3) is 0.182. The van der Waals surface area contributed by atoms with Gasteiger partial charge in [0.05, 0.1) is 24.2 Å². The van der Waals surface area contributed by atoms with Gasteiger partial charge < -0.3 is 20.7 Å². The quantitative estimate of drug-likeness (QED) is 0.452. The largest absolute Gasteiger partial charge is 0.475 e. The van der Waals surface area contributed by atoms with E-state index in [4.69, 9.17) is 4.74 Å². The minimum atomic E-state index is -0.624. The number of nitrogens with one attached hydrogen (secondary N) is 3. The summed E-state index contributed by atoms with van der Waals surface area (Å²) in [5, 5.41) is 8.59. The fourth-order valence-corrected chi connectivity index (χ4v) is 2.56. The van der Waals surface area contributed by atoms with Gasteiger partial charge in [0.15, 0.2) is 11.6 Å². The van der Waals surface area contributed by atoms with Crippen LogP contribution < -0.4 is 20.7 Å². The number of carbonyl (C=O) groups is 1. The Balaban J connectivity index is 1.76. The van der Waals surface area contributed by atoms with Crippen LogP contribution in [0.5, 0.6) is 5.88 Å². The van der Waals surface area contributed by atoms with Gasteiger partial charge in [-0.1, -0.05) is 12.6 Å². The maximum absolute atomic E-state index is 14.3. The number of pyridine rings is 1. The molecule has 2 heterocycles. The highest BCUT2D eigenvalue weighted by Gasteiger charge is 2.10. The molecule has 0 aliphatic heterocycles. The second kappa shape index (κ2) is 9.66. The van der Waals surface area contributed by atoms with Gasteiger partial charge in [0.2, 0.25) is 17.7 Å². The molecule has 0 spiro atoms. The summed E-state index contributed by atoms with van der Waals surface area (Å²) in [6, 6.07) is 8.72. The van der Waals surface area contributed by atoms with E-state index >= 15 is 0 Å². The number of halogens is 1. The topological polar surface area (TPSA) is 101 Å². The number of ether oxygens (including phenoxy) is 1. The Labute approximate surface area is 179 Å². The molecule has 0 fully saturated rings. The molecule has 0 radical (unpaired) electrons. The standard InChI is InChI=1S/C22H23FN6O2/c1-5-19(30)28-18-10-15(7-6-14(18)4)26-21-17(23)12-25-22(29-21)27-16-8-9-20(24-11-16)31-13(2)3/h5-13H,1H2,2-4H3,(H,28,30)(H2,25,26,27,29). The van der Waals surface area contributed by atoms with Gasteiger partial charge in [-0.25, -0.2) is 14.4 Å². The van der Waals surface area contributed by atoms with E-state index in [1.807, 2.05) is 20.8 Å². The molecule has 9 heteroatoms. The van der Waals surface area contributed by atoms with Crippen LogP contribution in [0.3, 0.4) is 0 Å². The van der Waals surface area contributed by atoms with Crippen LogP contribution >= 0.6 is 0 Å². The number of hydrogen-bond donors (Lipinski definition) is 3. The van der Waals surface area contributed by atoms with Crippen LogP contribution in [0.4, 0.5) is 33.2 Å². The van der Waals surface area contributed by atoms with E-state index in [0.29, 0.717) is 22.9 Å². The lowest BCUT2D eigenvalue weighted by Crippen LogP contribution is -2.09. The second-order valence-corrected chi connectivity index (χ2v) is 6.91. The number of aromatic nitrogens is 3. The number of aryl methyl sites for hydroxylation is 1. The number of carbonyl (C=O) groups excluding carboxylic acids is 1. The molecular formula is C22H23FN6O2. The predicted octanol–water partition coefficient (Wildman–Crippen LogP) is 4.72. The van der Waals surface area contributed by atoms with Crippen molar-refractivity contribution in [3.63, 3.8) is 0 Å². The average molecular weight is 422 g/mol. The molecule has 0 bridgehead atoms. The van der Waals surface area contributed by atoms with Gasteiger partial charge in [-0.05, 0) is 50.6 Å². The van der Waals surface area contributed by atoms with Crippen LogP contribution in [-0.2, 0) is 4.79 Å². The molecule has 8 nitrogen and oxygen atoms in total. The number of nitrogens with zero attached hydrogens (tertiary/aromatic N) is 3. The summed E-state index contributed by atoms with van der Waals surface area (Å²) in [4.78, 5) is 24.0. The van der Waals surface area contributed by atoms with E-state index < -0.39 is 5.82 Å². The Morgan fingerprint density at radius 2 is 1.90 bits per heavy atom. The maximum Gasteiger partial charge on any atom is 0.247 e. The molecule has 0 unspecified atom stereocenters. The third-order valence-corrected chi connectivity index (χ3v) is 4.04. The first-order valence-corrected chi connectivity index (χ1v) is 9.57. The number of hydrogen-bond acceptors (Lipinski definition) is 7. The minimum Gasteiger partial charge on any atom is -0.475 e. The first-order valence-electron chi connectivity index (χ1n) is 9.57. The molecule has 2 aromatic heterocycles. The third kappa shape index (κ3) is 5.99. The molecular weight excluding hydrogens is 399 g/mol. The summed E-state index contributed by atoms with van der Waals surface area (Å²) in [7, 11) is 0. The fourth-order valence-electron chi connectivity index (χ4n) is 2.56. The van der Waals surface area contributed by atoms with E-state index in [9.17, 15) is 9.18 Å². The molecule has 3 rings (SSSR count). The highest BCUT2D eigenvalue weighted by Crippen LogP contribution is 2.25. The molecule has 0 saturated carbocycles. The van der Waals surface area contributed by atoms with Crippen molar-refractivity contribution in [3.8, 4) is 5.88 Å². The molecule has 31 heavy (non-hydrogen) atoms. The molecule has 1 aromatic carbocycles. The van der Waals surface area contributed by atoms with E-state index in [1.165, 1.54) is 6.08 Å². The summed E-state index contributed by atoms with van der Waals surface area (Å²) < 4.78 is 19.8. The molecule has 3 N–H and O–H groups in total. The highest BCUT2D eigenvalue weighted by atomic mass is 19.1. The first-order chi connectivity index (χ1) is 14.8. The van der Waals surface area contributed by atoms with Crippen molar-refractivity contribution in [2.24, 2.45) is 0 Å². The summed E-state index contributed by atoms with van der Waals surface area (Å²) >= 11 is 0. The molecule has 1 amide bonds. The lowest BCUT2D eigenvalue weighted by Gasteiger charge is -2.12. The Morgan fingerprint density at radius 1 is 1.13 bits per heavy atom. The van der Waals surface area contributed by atoms with E-state index in [-0.39, 0.29) is 23.8 Å². The molecule has 0 saturated heterocycles. The van der Waals surface area contributed by atoms with Crippen LogP contribution in [0.15, 0.2) is 55.4 Å². The summed E-state index contributed by atoms with van der Waals surface area (Å²) in [6.07, 6.45) is 3.84. The monoisotopic (exact) mass is 422 g/mol. The van der Waals surface area contributed by atoms with Gasteiger partial charge in [0, 0.05) is 17.4 Å². The molecule has 0 aliphatic carbocycles.